The Balaban J connectivity index is 1.96. The van der Waals surface area contributed by atoms with Crippen LogP contribution in [0, 0.1) is 6.92 Å². The summed E-state index contributed by atoms with van der Waals surface area (Å²) in [6.45, 7) is 2.69. The highest BCUT2D eigenvalue weighted by molar-refractivity contribution is 7.92. The van der Waals surface area contributed by atoms with Crippen LogP contribution < -0.4 is 10.0 Å². The van der Waals surface area contributed by atoms with Crippen LogP contribution in [0.2, 0.25) is 0 Å². The highest BCUT2D eigenvalue weighted by Gasteiger charge is 2.21. The fourth-order valence-electron chi connectivity index (χ4n) is 2.46. The Hall–Kier alpha value is -2.02. The molecule has 6 nitrogen and oxygen atoms in total. The standard InChI is InChI=1S/C14H18N4O2S/c1-10-16-14(9-18(10)2)21(19,20)17-13-7-3-6-12-11(13)5-4-8-15-12/h3,6-7,9,15,17H,4-5,8H2,1-2H3. The zero-order valence-corrected chi connectivity index (χ0v) is 12.9. The van der Waals surface area contributed by atoms with Gasteiger partial charge in [0.25, 0.3) is 10.0 Å². The molecular weight excluding hydrogens is 288 g/mol. The van der Waals surface area contributed by atoms with Crippen LogP contribution in [0.1, 0.15) is 17.8 Å². The second kappa shape index (κ2) is 5.07. The fourth-order valence-corrected chi connectivity index (χ4v) is 3.59. The molecule has 2 aromatic rings. The molecule has 0 bridgehead atoms. The third-order valence-corrected chi connectivity index (χ3v) is 4.94. The van der Waals surface area contributed by atoms with Crippen LogP contribution >= 0.6 is 0 Å². The maximum Gasteiger partial charge on any atom is 0.280 e. The van der Waals surface area contributed by atoms with E-state index in [-0.39, 0.29) is 5.03 Å². The van der Waals surface area contributed by atoms with Crippen molar-refractivity contribution in [1.29, 1.82) is 0 Å². The van der Waals surface area contributed by atoms with E-state index in [0.717, 1.165) is 30.6 Å². The van der Waals surface area contributed by atoms with Crippen molar-refractivity contribution in [3.05, 3.63) is 35.8 Å². The molecule has 0 saturated carbocycles. The molecule has 1 aromatic carbocycles. The Morgan fingerprint density at radius 3 is 2.90 bits per heavy atom. The topological polar surface area (TPSA) is 76.0 Å². The smallest absolute Gasteiger partial charge is 0.280 e. The van der Waals surface area contributed by atoms with Gasteiger partial charge in [-0.1, -0.05) is 6.07 Å². The molecule has 0 amide bonds. The SMILES string of the molecule is Cc1nc(S(=O)(=O)Nc2cccc3c2CCCN3)cn1C. The number of aromatic nitrogens is 2. The Kier molecular flexibility index (Phi) is 3.36. The summed E-state index contributed by atoms with van der Waals surface area (Å²) in [5.74, 6) is 0.659. The molecule has 2 N–H and O–H groups in total. The number of sulfonamides is 1. The van der Waals surface area contributed by atoms with Crippen LogP contribution in [0.15, 0.2) is 29.4 Å². The molecule has 0 atom stereocenters. The number of anilines is 2. The van der Waals surface area contributed by atoms with Gasteiger partial charge in [-0.2, -0.15) is 8.42 Å². The second-order valence-electron chi connectivity index (χ2n) is 5.20. The van der Waals surface area contributed by atoms with Gasteiger partial charge in [-0.25, -0.2) is 4.98 Å². The molecule has 0 unspecified atom stereocenters. The largest absolute Gasteiger partial charge is 0.385 e. The van der Waals surface area contributed by atoms with Crippen LogP contribution in [-0.4, -0.2) is 24.5 Å². The number of hydrogen-bond donors (Lipinski definition) is 2. The molecule has 21 heavy (non-hydrogen) atoms. The molecule has 0 fully saturated rings. The van der Waals surface area contributed by atoms with Crippen molar-refractivity contribution >= 4 is 21.4 Å². The van der Waals surface area contributed by atoms with Crippen LogP contribution in [0.25, 0.3) is 0 Å². The summed E-state index contributed by atoms with van der Waals surface area (Å²) in [6.07, 6.45) is 3.38. The molecule has 0 spiro atoms. The molecule has 1 aliphatic heterocycles. The highest BCUT2D eigenvalue weighted by Crippen LogP contribution is 2.30. The summed E-state index contributed by atoms with van der Waals surface area (Å²) in [5.41, 5.74) is 2.64. The van der Waals surface area contributed by atoms with Gasteiger partial charge in [-0.3, -0.25) is 4.72 Å². The van der Waals surface area contributed by atoms with Crippen molar-refractivity contribution < 1.29 is 8.42 Å². The zero-order valence-electron chi connectivity index (χ0n) is 12.0. The van der Waals surface area contributed by atoms with E-state index in [4.69, 9.17) is 0 Å². The van der Waals surface area contributed by atoms with E-state index >= 15 is 0 Å². The maximum absolute atomic E-state index is 12.4. The molecule has 112 valence electrons. The average molecular weight is 306 g/mol. The second-order valence-corrected chi connectivity index (χ2v) is 6.83. The molecule has 1 aliphatic rings. The van der Waals surface area contributed by atoms with Crippen molar-refractivity contribution in [2.75, 3.05) is 16.6 Å². The minimum atomic E-state index is -3.66. The third-order valence-electron chi connectivity index (χ3n) is 3.70. The van der Waals surface area contributed by atoms with E-state index in [1.165, 1.54) is 6.20 Å². The first kappa shape index (κ1) is 13.9. The van der Waals surface area contributed by atoms with Gasteiger partial charge in [-0.15, -0.1) is 0 Å². The van der Waals surface area contributed by atoms with E-state index < -0.39 is 10.0 Å². The number of nitrogens with one attached hydrogen (secondary N) is 2. The number of nitrogens with zero attached hydrogens (tertiary/aromatic N) is 2. The monoisotopic (exact) mass is 306 g/mol. The quantitative estimate of drug-likeness (QED) is 0.908. The van der Waals surface area contributed by atoms with Gasteiger partial charge < -0.3 is 9.88 Å². The van der Waals surface area contributed by atoms with Crippen molar-refractivity contribution in [3.63, 3.8) is 0 Å². The molecule has 1 aromatic heterocycles. The predicted octanol–water partition coefficient (Wildman–Crippen LogP) is 1.89. The summed E-state index contributed by atoms with van der Waals surface area (Å²) in [4.78, 5) is 4.09. The lowest BCUT2D eigenvalue weighted by Crippen LogP contribution is -2.18. The third kappa shape index (κ3) is 2.61. The Bertz CT molecular complexity index is 761. The minimum Gasteiger partial charge on any atom is -0.385 e. The number of imidazole rings is 1. The van der Waals surface area contributed by atoms with Gasteiger partial charge in [-0.05, 0) is 37.5 Å². The molecule has 7 heteroatoms. The Labute approximate surface area is 124 Å². The van der Waals surface area contributed by atoms with E-state index in [2.05, 4.69) is 15.0 Å². The van der Waals surface area contributed by atoms with E-state index in [1.54, 1.807) is 24.6 Å². The number of benzene rings is 1. The van der Waals surface area contributed by atoms with Crippen LogP contribution in [0.5, 0.6) is 0 Å². The molecule has 2 heterocycles. The van der Waals surface area contributed by atoms with E-state index in [9.17, 15) is 8.42 Å². The number of rotatable bonds is 3. The van der Waals surface area contributed by atoms with Crippen molar-refractivity contribution in [3.8, 4) is 0 Å². The van der Waals surface area contributed by atoms with Gasteiger partial charge in [0.1, 0.15) is 5.82 Å². The molecule has 0 saturated heterocycles. The van der Waals surface area contributed by atoms with Gasteiger partial charge in [0.2, 0.25) is 0 Å². The molecular formula is C14H18N4O2S. The van der Waals surface area contributed by atoms with E-state index in [0.29, 0.717) is 11.5 Å². The lowest BCUT2D eigenvalue weighted by molar-refractivity contribution is 0.598. The van der Waals surface area contributed by atoms with Crippen LogP contribution in [0.4, 0.5) is 11.4 Å². The van der Waals surface area contributed by atoms with Gasteiger partial charge >= 0.3 is 0 Å². The van der Waals surface area contributed by atoms with Crippen LogP contribution in [-0.2, 0) is 23.5 Å². The Morgan fingerprint density at radius 2 is 2.19 bits per heavy atom. The lowest BCUT2D eigenvalue weighted by atomic mass is 10.0. The maximum atomic E-state index is 12.4. The lowest BCUT2D eigenvalue weighted by Gasteiger charge is -2.21. The van der Waals surface area contributed by atoms with Crippen LogP contribution in [0.3, 0.4) is 0 Å². The van der Waals surface area contributed by atoms with Gasteiger partial charge in [0.05, 0.1) is 5.69 Å². The summed E-state index contributed by atoms with van der Waals surface area (Å²) in [5, 5.41) is 3.33. The molecule has 3 rings (SSSR count). The zero-order chi connectivity index (χ0) is 15.0. The van der Waals surface area contributed by atoms with Crippen molar-refractivity contribution in [2.24, 2.45) is 7.05 Å². The fraction of sp³-hybridized carbons (Fsp3) is 0.357. The Morgan fingerprint density at radius 1 is 1.38 bits per heavy atom. The van der Waals surface area contributed by atoms with Gasteiger partial charge in [0.15, 0.2) is 5.03 Å². The molecule has 0 aliphatic carbocycles. The predicted molar refractivity (Wildman–Crippen MR) is 82.0 cm³/mol. The number of hydrogen-bond acceptors (Lipinski definition) is 4. The first-order valence-corrected chi connectivity index (χ1v) is 8.34. The van der Waals surface area contributed by atoms with Crippen molar-refractivity contribution in [1.82, 2.24) is 9.55 Å². The summed E-state index contributed by atoms with van der Waals surface area (Å²) in [7, 11) is -1.88. The first-order valence-electron chi connectivity index (χ1n) is 6.86. The normalized spacial score (nSPS) is 14.4. The number of aryl methyl sites for hydroxylation is 2. The number of fused-ring (bicyclic) bond motifs is 1. The van der Waals surface area contributed by atoms with E-state index in [1.807, 2.05) is 12.1 Å². The minimum absolute atomic E-state index is 0.0453. The first-order chi connectivity index (χ1) is 9.97. The molecule has 0 radical (unpaired) electrons. The van der Waals surface area contributed by atoms with Crippen molar-refractivity contribution in [2.45, 2.75) is 24.8 Å². The van der Waals surface area contributed by atoms with Gasteiger partial charge in [0, 0.05) is 25.5 Å². The summed E-state index contributed by atoms with van der Waals surface area (Å²) in [6, 6.07) is 5.61. The highest BCUT2D eigenvalue weighted by atomic mass is 32.2. The summed E-state index contributed by atoms with van der Waals surface area (Å²) < 4.78 is 29.2. The average Bonchev–Trinajstić information content (AvgIpc) is 2.80. The summed E-state index contributed by atoms with van der Waals surface area (Å²) >= 11 is 0.